The number of benzene rings is 2. The second-order valence-corrected chi connectivity index (χ2v) is 8.79. The van der Waals surface area contributed by atoms with E-state index in [4.69, 9.17) is 9.88 Å². The SMILES string of the molecule is CC(C)Oc1ccc(-c2ccc(C3(O)CCCNC3)cc2)cc1S(N)(=O)=O. The van der Waals surface area contributed by atoms with E-state index in [9.17, 15) is 13.5 Å². The van der Waals surface area contributed by atoms with Crippen LogP contribution < -0.4 is 15.2 Å². The third kappa shape index (κ3) is 4.50. The van der Waals surface area contributed by atoms with Gasteiger partial charge in [-0.25, -0.2) is 13.6 Å². The molecule has 4 N–H and O–H groups in total. The van der Waals surface area contributed by atoms with Crippen molar-refractivity contribution in [1.29, 1.82) is 0 Å². The quantitative estimate of drug-likeness (QED) is 0.727. The summed E-state index contributed by atoms with van der Waals surface area (Å²) in [5.41, 5.74) is 1.55. The van der Waals surface area contributed by atoms with Gasteiger partial charge in [0, 0.05) is 6.54 Å². The van der Waals surface area contributed by atoms with E-state index in [1.54, 1.807) is 12.1 Å². The van der Waals surface area contributed by atoms with Gasteiger partial charge in [0.2, 0.25) is 10.0 Å². The summed E-state index contributed by atoms with van der Waals surface area (Å²) in [6, 6.07) is 12.5. The maximum atomic E-state index is 12.0. The Morgan fingerprint density at radius 1 is 1.15 bits per heavy atom. The number of hydrogen-bond acceptors (Lipinski definition) is 5. The fourth-order valence-electron chi connectivity index (χ4n) is 3.37. The maximum Gasteiger partial charge on any atom is 0.241 e. The number of hydrogen-bond donors (Lipinski definition) is 3. The molecular weight excluding hydrogens is 364 g/mol. The predicted molar refractivity (Wildman–Crippen MR) is 105 cm³/mol. The van der Waals surface area contributed by atoms with Crippen LogP contribution in [0, 0.1) is 0 Å². The highest BCUT2D eigenvalue weighted by Crippen LogP contribution is 2.33. The van der Waals surface area contributed by atoms with Crippen LogP contribution in [0.1, 0.15) is 32.3 Å². The Labute approximate surface area is 160 Å². The molecule has 3 rings (SSSR count). The Morgan fingerprint density at radius 2 is 1.81 bits per heavy atom. The molecule has 0 amide bonds. The third-order valence-electron chi connectivity index (χ3n) is 4.73. The zero-order valence-corrected chi connectivity index (χ0v) is 16.4. The van der Waals surface area contributed by atoms with Crippen LogP contribution >= 0.6 is 0 Å². The van der Waals surface area contributed by atoms with Gasteiger partial charge in [-0.2, -0.15) is 0 Å². The Balaban J connectivity index is 1.94. The largest absolute Gasteiger partial charge is 0.490 e. The molecule has 1 heterocycles. The number of aliphatic hydroxyl groups is 1. The Kier molecular flexibility index (Phi) is 5.58. The highest BCUT2D eigenvalue weighted by Gasteiger charge is 2.31. The van der Waals surface area contributed by atoms with E-state index in [0.29, 0.717) is 6.54 Å². The van der Waals surface area contributed by atoms with Gasteiger partial charge in [-0.05, 0) is 62.1 Å². The molecule has 2 aromatic rings. The van der Waals surface area contributed by atoms with Crippen molar-refractivity contribution >= 4 is 10.0 Å². The number of nitrogens with one attached hydrogen (secondary N) is 1. The second-order valence-electron chi connectivity index (χ2n) is 7.26. The van der Waals surface area contributed by atoms with Crippen LogP contribution in [0.25, 0.3) is 11.1 Å². The van der Waals surface area contributed by atoms with Crippen LogP contribution in [-0.4, -0.2) is 32.7 Å². The van der Waals surface area contributed by atoms with Crippen LogP contribution in [-0.2, 0) is 15.6 Å². The second kappa shape index (κ2) is 7.59. The van der Waals surface area contributed by atoms with Crippen LogP contribution in [0.5, 0.6) is 5.75 Å². The van der Waals surface area contributed by atoms with Gasteiger partial charge in [0.05, 0.1) is 6.10 Å². The molecule has 27 heavy (non-hydrogen) atoms. The average Bonchev–Trinajstić information content (AvgIpc) is 2.61. The van der Waals surface area contributed by atoms with Gasteiger partial charge in [-0.15, -0.1) is 0 Å². The summed E-state index contributed by atoms with van der Waals surface area (Å²) in [6.07, 6.45) is 1.48. The van der Waals surface area contributed by atoms with Crippen molar-refractivity contribution in [1.82, 2.24) is 5.32 Å². The van der Waals surface area contributed by atoms with Crippen LogP contribution in [0.2, 0.25) is 0 Å². The van der Waals surface area contributed by atoms with Crippen molar-refractivity contribution in [3.63, 3.8) is 0 Å². The van der Waals surface area contributed by atoms with Crippen molar-refractivity contribution < 1.29 is 18.3 Å². The van der Waals surface area contributed by atoms with Crippen LogP contribution in [0.15, 0.2) is 47.4 Å². The number of ether oxygens (including phenoxy) is 1. The van der Waals surface area contributed by atoms with Crippen molar-refractivity contribution in [3.05, 3.63) is 48.0 Å². The molecule has 6 nitrogen and oxygen atoms in total. The van der Waals surface area contributed by atoms with Gasteiger partial charge >= 0.3 is 0 Å². The standard InChI is InChI=1S/C20H26N2O4S/c1-14(2)26-18-9-6-16(12-19(18)27(21,24)25)15-4-7-17(8-5-15)20(23)10-3-11-22-13-20/h4-9,12,14,22-23H,3,10-11,13H2,1-2H3,(H2,21,24,25). The van der Waals surface area contributed by atoms with Gasteiger partial charge in [0.15, 0.2) is 0 Å². The van der Waals surface area contributed by atoms with Gasteiger partial charge in [0.1, 0.15) is 16.2 Å². The third-order valence-corrected chi connectivity index (χ3v) is 5.66. The van der Waals surface area contributed by atoms with E-state index in [1.807, 2.05) is 38.1 Å². The Morgan fingerprint density at radius 3 is 2.37 bits per heavy atom. The average molecular weight is 391 g/mol. The summed E-state index contributed by atoms with van der Waals surface area (Å²) < 4.78 is 29.5. The summed E-state index contributed by atoms with van der Waals surface area (Å²) in [4.78, 5) is -0.0344. The van der Waals surface area contributed by atoms with E-state index in [-0.39, 0.29) is 16.7 Å². The zero-order chi connectivity index (χ0) is 19.7. The topological polar surface area (TPSA) is 102 Å². The van der Waals surface area contributed by atoms with Crippen molar-refractivity contribution in [2.45, 2.75) is 43.3 Å². The molecule has 1 fully saturated rings. The number of sulfonamides is 1. The summed E-state index contributed by atoms with van der Waals surface area (Å²) in [6.45, 7) is 5.10. The van der Waals surface area contributed by atoms with Crippen molar-refractivity contribution in [2.24, 2.45) is 5.14 Å². The number of piperidine rings is 1. The molecule has 0 aliphatic carbocycles. The van der Waals surface area contributed by atoms with Gasteiger partial charge in [-0.3, -0.25) is 0 Å². The molecule has 7 heteroatoms. The Bertz CT molecular complexity index is 902. The van der Waals surface area contributed by atoms with Gasteiger partial charge in [0.25, 0.3) is 0 Å². The first-order valence-electron chi connectivity index (χ1n) is 9.06. The normalized spacial score (nSPS) is 20.6. The van der Waals surface area contributed by atoms with Crippen molar-refractivity contribution in [2.75, 3.05) is 13.1 Å². The highest BCUT2D eigenvalue weighted by molar-refractivity contribution is 7.89. The summed E-state index contributed by atoms with van der Waals surface area (Å²) >= 11 is 0. The lowest BCUT2D eigenvalue weighted by Gasteiger charge is -2.33. The number of nitrogens with two attached hydrogens (primary N) is 1. The molecule has 1 atom stereocenters. The molecule has 2 aromatic carbocycles. The number of β-amino-alcohol motifs (C(OH)–C–C–N with tert-alkyl or cyclic N) is 1. The minimum Gasteiger partial charge on any atom is -0.490 e. The lowest BCUT2D eigenvalue weighted by atomic mass is 9.86. The van der Waals surface area contributed by atoms with Crippen LogP contribution in [0.4, 0.5) is 0 Å². The van der Waals surface area contributed by atoms with Gasteiger partial charge in [-0.1, -0.05) is 30.3 Å². The summed E-state index contributed by atoms with van der Waals surface area (Å²) in [5, 5.41) is 19.4. The van der Waals surface area contributed by atoms with E-state index >= 15 is 0 Å². The van der Waals surface area contributed by atoms with Crippen LogP contribution in [0.3, 0.4) is 0 Å². The predicted octanol–water partition coefficient (Wildman–Crippen LogP) is 2.36. The first kappa shape index (κ1) is 19.8. The van der Waals surface area contributed by atoms with E-state index in [1.165, 1.54) is 6.07 Å². The number of primary sulfonamides is 1. The molecule has 146 valence electrons. The summed E-state index contributed by atoms with van der Waals surface area (Å²) in [7, 11) is -3.92. The first-order chi connectivity index (χ1) is 12.7. The number of rotatable bonds is 5. The van der Waals surface area contributed by atoms with E-state index in [2.05, 4.69) is 5.32 Å². The Hall–Kier alpha value is -1.93. The molecule has 0 spiro atoms. The first-order valence-corrected chi connectivity index (χ1v) is 10.6. The fraction of sp³-hybridized carbons (Fsp3) is 0.400. The smallest absolute Gasteiger partial charge is 0.241 e. The molecular formula is C20H26N2O4S. The highest BCUT2D eigenvalue weighted by atomic mass is 32.2. The zero-order valence-electron chi connectivity index (χ0n) is 15.6. The molecule has 0 bridgehead atoms. The molecule has 1 aliphatic heterocycles. The molecule has 0 saturated carbocycles. The van der Waals surface area contributed by atoms with Gasteiger partial charge < -0.3 is 15.2 Å². The molecule has 1 saturated heterocycles. The maximum absolute atomic E-state index is 12.0. The molecule has 1 aliphatic rings. The fourth-order valence-corrected chi connectivity index (χ4v) is 4.06. The van der Waals surface area contributed by atoms with E-state index < -0.39 is 15.6 Å². The minimum atomic E-state index is -3.92. The minimum absolute atomic E-state index is 0.0344. The van der Waals surface area contributed by atoms with E-state index in [0.717, 1.165) is 36.1 Å². The monoisotopic (exact) mass is 390 g/mol. The summed E-state index contributed by atoms with van der Waals surface area (Å²) in [5.74, 6) is 0.246. The molecule has 1 unspecified atom stereocenters. The lowest BCUT2D eigenvalue weighted by Crippen LogP contribution is -2.43. The van der Waals surface area contributed by atoms with Crippen molar-refractivity contribution in [3.8, 4) is 16.9 Å². The molecule has 0 radical (unpaired) electrons. The lowest BCUT2D eigenvalue weighted by molar-refractivity contribution is 0.0123. The molecule has 0 aromatic heterocycles.